The van der Waals surface area contributed by atoms with Crippen molar-refractivity contribution < 1.29 is 9.53 Å². The van der Waals surface area contributed by atoms with Crippen LogP contribution in [-0.2, 0) is 17.9 Å². The minimum absolute atomic E-state index is 0.0424. The molecule has 4 rings (SSSR count). The van der Waals surface area contributed by atoms with E-state index in [2.05, 4.69) is 34.3 Å². The maximum atomic E-state index is 11.8. The molecule has 4 aromatic rings. The Balaban J connectivity index is 1.78. The van der Waals surface area contributed by atoms with Gasteiger partial charge in [-0.1, -0.05) is 60.7 Å². The molecule has 2 aromatic heterocycles. The van der Waals surface area contributed by atoms with Crippen LogP contribution in [0.2, 0.25) is 0 Å². The highest BCUT2D eigenvalue weighted by molar-refractivity contribution is 5.80. The number of anilines is 1. The molecule has 152 valence electrons. The Bertz CT molecular complexity index is 1080. The molecule has 0 saturated carbocycles. The summed E-state index contributed by atoms with van der Waals surface area (Å²) in [6.45, 7) is 4.57. The van der Waals surface area contributed by atoms with E-state index in [-0.39, 0.29) is 5.78 Å². The maximum absolute atomic E-state index is 11.8. The van der Waals surface area contributed by atoms with Crippen molar-refractivity contribution in [1.82, 2.24) is 14.6 Å². The molecule has 0 fully saturated rings. The van der Waals surface area contributed by atoms with Gasteiger partial charge < -0.3 is 9.64 Å². The normalized spacial score (nSPS) is 11.9. The van der Waals surface area contributed by atoms with Crippen molar-refractivity contribution in [3.05, 3.63) is 90.3 Å². The smallest absolute Gasteiger partial charge is 0.181 e. The predicted octanol–water partition coefficient (Wildman–Crippen LogP) is 4.29. The van der Waals surface area contributed by atoms with Crippen molar-refractivity contribution in [2.24, 2.45) is 0 Å². The molecule has 0 aliphatic rings. The van der Waals surface area contributed by atoms with Gasteiger partial charge in [0.25, 0.3) is 0 Å². The van der Waals surface area contributed by atoms with Crippen molar-refractivity contribution >= 4 is 17.2 Å². The summed E-state index contributed by atoms with van der Waals surface area (Å²) in [5.41, 5.74) is 3.04. The molecule has 0 aliphatic heterocycles. The Morgan fingerprint density at radius 2 is 1.60 bits per heavy atom. The Labute approximate surface area is 175 Å². The van der Waals surface area contributed by atoms with Gasteiger partial charge in [0.2, 0.25) is 0 Å². The quantitative estimate of drug-likeness (QED) is 0.442. The third-order valence-electron chi connectivity index (χ3n) is 4.94. The van der Waals surface area contributed by atoms with E-state index in [4.69, 9.17) is 9.72 Å². The van der Waals surface area contributed by atoms with Crippen LogP contribution >= 0.6 is 0 Å². The van der Waals surface area contributed by atoms with Crippen molar-refractivity contribution in [1.29, 1.82) is 0 Å². The molecule has 2 heterocycles. The molecule has 0 amide bonds. The molecule has 0 saturated heterocycles. The number of carbonyl (C=O) groups excluding carboxylic acids is 1. The van der Waals surface area contributed by atoms with Crippen molar-refractivity contribution in [3.8, 4) is 5.75 Å². The lowest BCUT2D eigenvalue weighted by molar-refractivity contribution is -0.122. The second-order valence-corrected chi connectivity index (χ2v) is 7.26. The lowest BCUT2D eigenvalue weighted by atomic mass is 10.1. The zero-order valence-corrected chi connectivity index (χ0v) is 17.1. The number of ketones is 1. The third-order valence-corrected chi connectivity index (χ3v) is 4.94. The largest absolute Gasteiger partial charge is 0.477 e. The lowest BCUT2D eigenvalue weighted by Crippen LogP contribution is -2.27. The summed E-state index contributed by atoms with van der Waals surface area (Å²) in [6, 6.07) is 22.3. The van der Waals surface area contributed by atoms with E-state index in [1.165, 1.54) is 6.92 Å². The average Bonchev–Trinajstić information content (AvgIpc) is 3.21. The number of hydrogen-bond donors (Lipinski definition) is 0. The fraction of sp³-hybridized carbons (Fsp3) is 0.208. The van der Waals surface area contributed by atoms with Gasteiger partial charge in [-0.15, -0.1) is 0 Å². The van der Waals surface area contributed by atoms with Crippen LogP contribution in [0.5, 0.6) is 5.75 Å². The highest BCUT2D eigenvalue weighted by Crippen LogP contribution is 2.30. The van der Waals surface area contributed by atoms with Gasteiger partial charge in [-0.3, -0.25) is 4.79 Å². The van der Waals surface area contributed by atoms with Crippen LogP contribution in [0, 0.1) is 0 Å². The lowest BCUT2D eigenvalue weighted by Gasteiger charge is -2.27. The minimum Gasteiger partial charge on any atom is -0.477 e. The number of ether oxygens (including phenoxy) is 1. The van der Waals surface area contributed by atoms with E-state index in [0.29, 0.717) is 24.7 Å². The van der Waals surface area contributed by atoms with Gasteiger partial charge in [0.1, 0.15) is 0 Å². The van der Waals surface area contributed by atoms with Crippen LogP contribution in [0.15, 0.2) is 79.1 Å². The molecule has 30 heavy (non-hydrogen) atoms. The second-order valence-electron chi connectivity index (χ2n) is 7.26. The first kappa shape index (κ1) is 19.6. The van der Waals surface area contributed by atoms with Gasteiger partial charge in [-0.2, -0.15) is 5.10 Å². The molecule has 2 aromatic carbocycles. The summed E-state index contributed by atoms with van der Waals surface area (Å²) in [5.74, 6) is 1.17. The number of benzene rings is 2. The predicted molar refractivity (Wildman–Crippen MR) is 117 cm³/mol. The van der Waals surface area contributed by atoms with Crippen molar-refractivity contribution in [3.63, 3.8) is 0 Å². The first-order valence-corrected chi connectivity index (χ1v) is 9.94. The fourth-order valence-corrected chi connectivity index (χ4v) is 3.22. The molecular weight excluding hydrogens is 376 g/mol. The van der Waals surface area contributed by atoms with Crippen LogP contribution in [-0.4, -0.2) is 26.5 Å². The fourth-order valence-electron chi connectivity index (χ4n) is 3.22. The molecule has 6 nitrogen and oxygen atoms in total. The molecular formula is C24H24N4O2. The van der Waals surface area contributed by atoms with Crippen LogP contribution in [0.1, 0.15) is 25.0 Å². The number of aromatic nitrogens is 3. The molecule has 6 heteroatoms. The van der Waals surface area contributed by atoms with Gasteiger partial charge in [0, 0.05) is 19.2 Å². The van der Waals surface area contributed by atoms with E-state index in [9.17, 15) is 4.79 Å². The standard InChI is InChI=1S/C24H24N4O2/c1-18(29)19(2)30-22-17-28-23(13-14-25-28)26-24(22)27(15-20-9-5-3-6-10-20)16-21-11-7-4-8-12-21/h3-14,17,19H,15-16H2,1-2H3. The molecule has 0 radical (unpaired) electrons. The minimum atomic E-state index is -0.575. The summed E-state index contributed by atoms with van der Waals surface area (Å²) >= 11 is 0. The number of fused-ring (bicyclic) bond motifs is 1. The Hall–Kier alpha value is -3.67. The molecule has 0 spiro atoms. The van der Waals surface area contributed by atoms with E-state index >= 15 is 0 Å². The molecule has 0 bridgehead atoms. The highest BCUT2D eigenvalue weighted by Gasteiger charge is 2.20. The highest BCUT2D eigenvalue weighted by atomic mass is 16.5. The molecule has 1 unspecified atom stereocenters. The molecule has 1 atom stereocenters. The zero-order chi connectivity index (χ0) is 20.9. The number of rotatable bonds is 8. The third kappa shape index (κ3) is 4.49. The summed E-state index contributed by atoms with van der Waals surface area (Å²) in [7, 11) is 0. The van der Waals surface area contributed by atoms with E-state index < -0.39 is 6.10 Å². The second kappa shape index (κ2) is 8.78. The number of hydrogen-bond acceptors (Lipinski definition) is 5. The van der Waals surface area contributed by atoms with Gasteiger partial charge >= 0.3 is 0 Å². The number of Topliss-reactive ketones (excluding diaryl/α,β-unsaturated/α-hetero) is 1. The van der Waals surface area contributed by atoms with E-state index in [1.807, 2.05) is 42.5 Å². The SMILES string of the molecule is CC(=O)C(C)Oc1cn2nccc2nc1N(Cc1ccccc1)Cc1ccccc1. The first-order valence-electron chi connectivity index (χ1n) is 9.94. The maximum Gasteiger partial charge on any atom is 0.181 e. The van der Waals surface area contributed by atoms with Gasteiger partial charge in [-0.05, 0) is 25.0 Å². The molecule has 0 N–H and O–H groups in total. The average molecular weight is 400 g/mol. The van der Waals surface area contributed by atoms with Gasteiger partial charge in [-0.25, -0.2) is 9.50 Å². The van der Waals surface area contributed by atoms with Gasteiger partial charge in [0.15, 0.2) is 29.1 Å². The van der Waals surface area contributed by atoms with Crippen LogP contribution in [0.4, 0.5) is 5.82 Å². The van der Waals surface area contributed by atoms with Crippen LogP contribution in [0.3, 0.4) is 0 Å². The van der Waals surface area contributed by atoms with E-state index in [0.717, 1.165) is 16.8 Å². The van der Waals surface area contributed by atoms with Gasteiger partial charge in [0.05, 0.1) is 12.4 Å². The monoisotopic (exact) mass is 400 g/mol. The summed E-state index contributed by atoms with van der Waals surface area (Å²) in [4.78, 5) is 18.8. The zero-order valence-electron chi connectivity index (χ0n) is 17.1. The van der Waals surface area contributed by atoms with Crippen LogP contribution in [0.25, 0.3) is 5.65 Å². The first-order chi connectivity index (χ1) is 14.6. The summed E-state index contributed by atoms with van der Waals surface area (Å²) in [6.07, 6.45) is 2.91. The molecule has 0 aliphatic carbocycles. The Morgan fingerprint density at radius 1 is 1.00 bits per heavy atom. The number of nitrogens with zero attached hydrogens (tertiary/aromatic N) is 4. The number of carbonyl (C=O) groups is 1. The van der Waals surface area contributed by atoms with E-state index in [1.54, 1.807) is 23.8 Å². The van der Waals surface area contributed by atoms with Crippen molar-refractivity contribution in [2.75, 3.05) is 4.90 Å². The topological polar surface area (TPSA) is 59.7 Å². The summed E-state index contributed by atoms with van der Waals surface area (Å²) < 4.78 is 7.69. The van der Waals surface area contributed by atoms with Crippen molar-refractivity contribution in [2.45, 2.75) is 33.0 Å². The van der Waals surface area contributed by atoms with Crippen LogP contribution < -0.4 is 9.64 Å². The summed E-state index contributed by atoms with van der Waals surface area (Å²) in [5, 5.41) is 4.27. The Kier molecular flexibility index (Phi) is 5.75. The Morgan fingerprint density at radius 3 is 2.17 bits per heavy atom.